The van der Waals surface area contributed by atoms with Crippen molar-refractivity contribution in [3.8, 4) is 0 Å². The van der Waals surface area contributed by atoms with E-state index < -0.39 is 0 Å². The number of rotatable bonds is 0. The van der Waals surface area contributed by atoms with Gasteiger partial charge in [-0.3, -0.25) is 4.79 Å². The minimum absolute atomic E-state index is 0.190. The van der Waals surface area contributed by atoms with Crippen LogP contribution in [0.1, 0.15) is 11.4 Å². The summed E-state index contributed by atoms with van der Waals surface area (Å²) in [7, 11) is 0. The molecule has 0 amide bonds. The minimum atomic E-state index is 0.190. The van der Waals surface area contributed by atoms with Crippen molar-refractivity contribution in [2.45, 2.75) is 13.8 Å². The molecule has 0 saturated heterocycles. The number of hydrogen-bond acceptors (Lipinski definition) is 3. The zero-order valence-corrected chi connectivity index (χ0v) is 7.86. The van der Waals surface area contributed by atoms with Crippen LogP contribution in [0.15, 0.2) is 4.79 Å². The average Bonchev–Trinajstić information content (AvgIpc) is 2.38. The van der Waals surface area contributed by atoms with Gasteiger partial charge in [-0.25, -0.2) is 0 Å². The molecule has 2 rings (SSSR count). The van der Waals surface area contributed by atoms with Gasteiger partial charge in [0.05, 0.1) is 9.40 Å². The molecule has 0 aliphatic rings. The summed E-state index contributed by atoms with van der Waals surface area (Å²) >= 11 is 2.66. The van der Waals surface area contributed by atoms with Crippen LogP contribution >= 0.6 is 22.7 Å². The highest BCUT2D eigenvalue weighted by atomic mass is 32.2. The molecule has 0 unspecified atom stereocenters. The molecular weight excluding hydrogens is 178 g/mol. The van der Waals surface area contributed by atoms with Crippen molar-refractivity contribution < 1.29 is 0 Å². The van der Waals surface area contributed by atoms with E-state index in [1.165, 1.54) is 22.7 Å². The van der Waals surface area contributed by atoms with Gasteiger partial charge in [0.25, 0.3) is 4.06 Å². The fraction of sp³-hybridized carbons (Fsp3) is 0.286. The smallest absolute Gasteiger partial charge is 0.288 e. The Morgan fingerprint density at radius 2 is 1.55 bits per heavy atom. The van der Waals surface area contributed by atoms with Crippen molar-refractivity contribution in [1.29, 1.82) is 0 Å². The molecule has 0 spiro atoms. The van der Waals surface area contributed by atoms with E-state index in [0.717, 1.165) is 20.8 Å². The molecular formula is C7H7NOS2. The molecule has 1 N–H and O–H groups in total. The van der Waals surface area contributed by atoms with E-state index in [1.807, 2.05) is 13.8 Å². The molecule has 11 heavy (non-hydrogen) atoms. The fourth-order valence-corrected chi connectivity index (χ4v) is 3.32. The first-order chi connectivity index (χ1) is 5.18. The molecule has 2 aromatic rings. The first kappa shape index (κ1) is 7.06. The van der Waals surface area contributed by atoms with Gasteiger partial charge in [0.15, 0.2) is 0 Å². The van der Waals surface area contributed by atoms with Crippen LogP contribution in [-0.4, -0.2) is 4.98 Å². The summed E-state index contributed by atoms with van der Waals surface area (Å²) in [6, 6.07) is 0. The van der Waals surface area contributed by atoms with Gasteiger partial charge in [-0.15, -0.1) is 0 Å². The van der Waals surface area contributed by atoms with Gasteiger partial charge >= 0.3 is 0 Å². The van der Waals surface area contributed by atoms with E-state index in [9.17, 15) is 4.79 Å². The van der Waals surface area contributed by atoms with Crippen LogP contribution in [0.4, 0.5) is 0 Å². The van der Waals surface area contributed by atoms with E-state index in [1.54, 1.807) is 0 Å². The van der Waals surface area contributed by atoms with Gasteiger partial charge in [-0.05, 0) is 13.8 Å². The Labute approximate surface area is 71.5 Å². The van der Waals surface area contributed by atoms with Crippen LogP contribution in [-0.2, 0) is 0 Å². The van der Waals surface area contributed by atoms with Crippen LogP contribution in [0.25, 0.3) is 9.40 Å². The highest BCUT2D eigenvalue weighted by Gasteiger charge is 2.07. The lowest BCUT2D eigenvalue weighted by Gasteiger charge is -1.80. The van der Waals surface area contributed by atoms with Crippen LogP contribution in [0.2, 0.25) is 0 Å². The maximum absolute atomic E-state index is 11.0. The average molecular weight is 185 g/mol. The van der Waals surface area contributed by atoms with E-state index in [0.29, 0.717) is 0 Å². The van der Waals surface area contributed by atoms with Crippen molar-refractivity contribution >= 4 is 32.1 Å². The monoisotopic (exact) mass is 185 g/mol. The molecule has 0 aliphatic carbocycles. The lowest BCUT2D eigenvalue weighted by molar-refractivity contribution is 1.21. The van der Waals surface area contributed by atoms with Gasteiger partial charge in [-0.2, -0.15) is 0 Å². The SMILES string of the molecule is Cc1[nH]c(C)c2sc(=O)sc12. The lowest BCUT2D eigenvalue weighted by atomic mass is 10.4. The Morgan fingerprint density at radius 3 is 2.00 bits per heavy atom. The molecule has 2 aromatic heterocycles. The summed E-state index contributed by atoms with van der Waals surface area (Å²) in [6.07, 6.45) is 0. The highest BCUT2D eigenvalue weighted by Crippen LogP contribution is 2.27. The van der Waals surface area contributed by atoms with Crippen LogP contribution in [0.5, 0.6) is 0 Å². The minimum Gasteiger partial charge on any atom is -0.360 e. The molecule has 0 aliphatic heterocycles. The Bertz CT molecular complexity index is 411. The van der Waals surface area contributed by atoms with Crippen molar-refractivity contribution in [3.05, 3.63) is 20.2 Å². The summed E-state index contributed by atoms with van der Waals surface area (Å²) in [5, 5.41) is 0. The number of hydrogen-bond donors (Lipinski definition) is 1. The number of nitrogens with one attached hydrogen (secondary N) is 1. The first-order valence-electron chi connectivity index (χ1n) is 3.27. The van der Waals surface area contributed by atoms with Crippen LogP contribution < -0.4 is 4.06 Å². The zero-order chi connectivity index (χ0) is 8.01. The van der Waals surface area contributed by atoms with E-state index >= 15 is 0 Å². The number of aromatic nitrogens is 1. The van der Waals surface area contributed by atoms with E-state index in [-0.39, 0.29) is 4.06 Å². The Balaban J connectivity index is 3.03. The summed E-state index contributed by atoms with van der Waals surface area (Å²) in [5.41, 5.74) is 2.22. The molecule has 0 aromatic carbocycles. The third kappa shape index (κ3) is 0.937. The highest BCUT2D eigenvalue weighted by molar-refractivity contribution is 7.35. The maximum Gasteiger partial charge on any atom is 0.288 e. The standard InChI is InChI=1S/C7H7NOS2/c1-3-5-6(4(2)8-3)11-7(9)10-5/h8H,1-2H3. The predicted molar refractivity (Wildman–Crippen MR) is 49.8 cm³/mol. The summed E-state index contributed by atoms with van der Waals surface area (Å²) in [5.74, 6) is 0. The van der Waals surface area contributed by atoms with Gasteiger partial charge in [0, 0.05) is 11.4 Å². The number of aromatic amines is 1. The third-order valence-electron chi connectivity index (χ3n) is 1.63. The normalized spacial score (nSPS) is 11.1. The molecule has 0 saturated carbocycles. The second kappa shape index (κ2) is 2.19. The third-order valence-corrected chi connectivity index (χ3v) is 4.02. The maximum atomic E-state index is 11.0. The van der Waals surface area contributed by atoms with E-state index in [2.05, 4.69) is 4.98 Å². The molecule has 0 fully saturated rings. The number of H-pyrrole nitrogens is 1. The van der Waals surface area contributed by atoms with Crippen molar-refractivity contribution in [3.63, 3.8) is 0 Å². The number of fused-ring (bicyclic) bond motifs is 1. The summed E-state index contributed by atoms with van der Waals surface area (Å²) < 4.78 is 2.44. The molecule has 4 heteroatoms. The van der Waals surface area contributed by atoms with Crippen molar-refractivity contribution in [2.75, 3.05) is 0 Å². The van der Waals surface area contributed by atoms with Gasteiger partial charge < -0.3 is 4.98 Å². The van der Waals surface area contributed by atoms with Gasteiger partial charge in [0.2, 0.25) is 0 Å². The zero-order valence-electron chi connectivity index (χ0n) is 6.22. The number of aryl methyl sites for hydroxylation is 2. The molecule has 0 radical (unpaired) electrons. The first-order valence-corrected chi connectivity index (χ1v) is 4.90. The lowest BCUT2D eigenvalue weighted by Crippen LogP contribution is -1.77. The fourth-order valence-electron chi connectivity index (χ4n) is 1.17. The van der Waals surface area contributed by atoms with Crippen LogP contribution in [0.3, 0.4) is 0 Å². The molecule has 0 bridgehead atoms. The molecule has 58 valence electrons. The second-order valence-corrected chi connectivity index (χ2v) is 4.71. The van der Waals surface area contributed by atoms with Crippen molar-refractivity contribution in [2.24, 2.45) is 0 Å². The van der Waals surface area contributed by atoms with E-state index in [4.69, 9.17) is 0 Å². The Morgan fingerprint density at radius 1 is 1.09 bits per heavy atom. The largest absolute Gasteiger partial charge is 0.360 e. The summed E-state index contributed by atoms with van der Waals surface area (Å²) in [4.78, 5) is 14.2. The van der Waals surface area contributed by atoms with Gasteiger partial charge in [0.1, 0.15) is 0 Å². The Hall–Kier alpha value is -0.610. The predicted octanol–water partition coefficient (Wildman–Crippen LogP) is 2.27. The molecule has 2 nitrogen and oxygen atoms in total. The molecule has 2 heterocycles. The molecule has 0 atom stereocenters. The van der Waals surface area contributed by atoms with Gasteiger partial charge in [-0.1, -0.05) is 22.7 Å². The topological polar surface area (TPSA) is 32.9 Å². The van der Waals surface area contributed by atoms with Crippen LogP contribution in [0, 0.1) is 13.8 Å². The summed E-state index contributed by atoms with van der Waals surface area (Å²) in [6.45, 7) is 4.00. The van der Waals surface area contributed by atoms with Crippen molar-refractivity contribution in [1.82, 2.24) is 4.98 Å². The quantitative estimate of drug-likeness (QED) is 0.671. The Kier molecular flexibility index (Phi) is 1.40. The second-order valence-electron chi connectivity index (χ2n) is 2.49.